The monoisotopic (exact) mass is 278 g/mol. The highest BCUT2D eigenvalue weighted by molar-refractivity contribution is 14.1. The highest BCUT2D eigenvalue weighted by atomic mass is 127. The number of hydrogen-bond donors (Lipinski definition) is 0. The summed E-state index contributed by atoms with van der Waals surface area (Å²) in [5, 5.41) is 0. The molecule has 1 aromatic rings. The van der Waals surface area contributed by atoms with Crippen LogP contribution in [0.2, 0.25) is 0 Å². The largest absolute Gasteiger partial charge is 0.294 e. The minimum absolute atomic E-state index is 0.0988. The third-order valence-electron chi connectivity index (χ3n) is 1.65. The van der Waals surface area contributed by atoms with Gasteiger partial charge in [0.25, 0.3) is 0 Å². The van der Waals surface area contributed by atoms with Crippen molar-refractivity contribution < 1.29 is 9.18 Å². The number of carbonyl (C=O) groups is 1. The number of Topliss-reactive ketones (excluding diaryl/α,β-unsaturated/α-hetero) is 1. The third-order valence-corrected chi connectivity index (χ3v) is 2.71. The van der Waals surface area contributed by atoms with Crippen molar-refractivity contribution >= 4 is 28.4 Å². The maximum absolute atomic E-state index is 13.2. The SMILES string of the molecule is CC(=O)c1ccc(C)c(F)c1I. The zero-order chi connectivity index (χ0) is 9.30. The average Bonchev–Trinajstić information content (AvgIpc) is 2.00. The number of carbonyl (C=O) groups excluding carboxylic acids is 1. The standard InChI is InChI=1S/C9H8FIO/c1-5-3-4-7(6(2)12)9(11)8(5)10/h3-4H,1-2H3. The number of halogens is 2. The van der Waals surface area contributed by atoms with E-state index in [0.717, 1.165) is 0 Å². The fraction of sp³-hybridized carbons (Fsp3) is 0.222. The molecule has 0 fully saturated rings. The van der Waals surface area contributed by atoms with Gasteiger partial charge in [-0.1, -0.05) is 6.07 Å². The molecule has 0 aliphatic carbocycles. The van der Waals surface area contributed by atoms with Gasteiger partial charge in [-0.2, -0.15) is 0 Å². The van der Waals surface area contributed by atoms with Gasteiger partial charge in [0.15, 0.2) is 5.78 Å². The van der Waals surface area contributed by atoms with E-state index in [9.17, 15) is 9.18 Å². The maximum atomic E-state index is 13.2. The number of ketones is 1. The van der Waals surface area contributed by atoms with Gasteiger partial charge in [-0.3, -0.25) is 4.79 Å². The molecule has 0 saturated heterocycles. The Labute approximate surface area is 84.1 Å². The fourth-order valence-corrected chi connectivity index (χ4v) is 1.90. The summed E-state index contributed by atoms with van der Waals surface area (Å²) >= 11 is 1.85. The molecule has 1 nitrogen and oxygen atoms in total. The molecule has 0 amide bonds. The van der Waals surface area contributed by atoms with Gasteiger partial charge in [0.2, 0.25) is 0 Å². The summed E-state index contributed by atoms with van der Waals surface area (Å²) in [5.74, 6) is -0.387. The van der Waals surface area contributed by atoms with E-state index in [4.69, 9.17) is 0 Å². The fourth-order valence-electron chi connectivity index (χ4n) is 0.918. The number of aryl methyl sites for hydroxylation is 1. The lowest BCUT2D eigenvalue weighted by Gasteiger charge is -2.03. The van der Waals surface area contributed by atoms with Gasteiger partial charge in [0.05, 0.1) is 3.57 Å². The molecule has 0 saturated carbocycles. The van der Waals surface area contributed by atoms with E-state index < -0.39 is 0 Å². The van der Waals surface area contributed by atoms with E-state index in [0.29, 0.717) is 14.7 Å². The van der Waals surface area contributed by atoms with Crippen LogP contribution < -0.4 is 0 Å². The molecule has 0 aromatic heterocycles. The highest BCUT2D eigenvalue weighted by Crippen LogP contribution is 2.19. The molecule has 1 rings (SSSR count). The smallest absolute Gasteiger partial charge is 0.160 e. The first-order chi connectivity index (χ1) is 5.54. The van der Waals surface area contributed by atoms with Crippen LogP contribution in [0.4, 0.5) is 4.39 Å². The molecule has 64 valence electrons. The molecule has 0 radical (unpaired) electrons. The Morgan fingerprint density at radius 1 is 1.50 bits per heavy atom. The summed E-state index contributed by atoms with van der Waals surface area (Å²) in [4.78, 5) is 11.0. The summed E-state index contributed by atoms with van der Waals surface area (Å²) < 4.78 is 13.6. The Morgan fingerprint density at radius 2 is 2.08 bits per heavy atom. The van der Waals surface area contributed by atoms with Gasteiger partial charge >= 0.3 is 0 Å². The summed E-state index contributed by atoms with van der Waals surface area (Å²) in [6.07, 6.45) is 0. The first-order valence-electron chi connectivity index (χ1n) is 3.49. The van der Waals surface area contributed by atoms with Crippen molar-refractivity contribution in [3.8, 4) is 0 Å². The third kappa shape index (κ3) is 1.65. The molecule has 0 atom stereocenters. The van der Waals surface area contributed by atoms with Crippen LogP contribution in [0.25, 0.3) is 0 Å². The van der Waals surface area contributed by atoms with E-state index >= 15 is 0 Å². The van der Waals surface area contributed by atoms with Crippen LogP contribution in [-0.2, 0) is 0 Å². The molecule has 3 heteroatoms. The van der Waals surface area contributed by atoms with Crippen LogP contribution in [0.5, 0.6) is 0 Å². The van der Waals surface area contributed by atoms with Crippen LogP contribution >= 0.6 is 22.6 Å². The second-order valence-corrected chi connectivity index (χ2v) is 3.69. The van der Waals surface area contributed by atoms with Gasteiger partial charge in [0.1, 0.15) is 5.82 Å². The average molecular weight is 278 g/mol. The van der Waals surface area contributed by atoms with Crippen molar-refractivity contribution in [1.29, 1.82) is 0 Å². The summed E-state index contributed by atoms with van der Waals surface area (Å²) in [7, 11) is 0. The van der Waals surface area contributed by atoms with E-state index in [1.807, 2.05) is 22.6 Å². The van der Waals surface area contributed by atoms with Crippen molar-refractivity contribution in [3.05, 3.63) is 32.6 Å². The molecular weight excluding hydrogens is 270 g/mol. The topological polar surface area (TPSA) is 17.1 Å². The molecule has 0 spiro atoms. The summed E-state index contributed by atoms with van der Waals surface area (Å²) in [6.45, 7) is 3.12. The first-order valence-corrected chi connectivity index (χ1v) is 4.57. The Bertz CT molecular complexity index is 334. The number of rotatable bonds is 1. The van der Waals surface area contributed by atoms with Crippen LogP contribution in [-0.4, -0.2) is 5.78 Å². The Balaban J connectivity index is 3.36. The predicted octanol–water partition coefficient (Wildman–Crippen LogP) is 2.94. The molecular formula is C9H8FIO. The number of hydrogen-bond acceptors (Lipinski definition) is 1. The quantitative estimate of drug-likeness (QED) is 0.570. The van der Waals surface area contributed by atoms with Gasteiger partial charge in [0, 0.05) is 5.56 Å². The molecule has 0 unspecified atom stereocenters. The van der Waals surface area contributed by atoms with E-state index in [2.05, 4.69) is 0 Å². The maximum Gasteiger partial charge on any atom is 0.160 e. The summed E-state index contributed by atoms with van der Waals surface area (Å²) in [6, 6.07) is 3.27. The van der Waals surface area contributed by atoms with Crippen LogP contribution in [0.1, 0.15) is 22.8 Å². The van der Waals surface area contributed by atoms with Gasteiger partial charge in [-0.25, -0.2) is 4.39 Å². The van der Waals surface area contributed by atoms with Crippen LogP contribution in [0.3, 0.4) is 0 Å². The molecule has 0 N–H and O–H groups in total. The predicted molar refractivity (Wildman–Crippen MR) is 53.9 cm³/mol. The lowest BCUT2D eigenvalue weighted by Crippen LogP contribution is -1.99. The van der Waals surface area contributed by atoms with Crippen LogP contribution in [0, 0.1) is 16.3 Å². The normalized spacial score (nSPS) is 10.0. The van der Waals surface area contributed by atoms with Gasteiger partial charge in [-0.05, 0) is 48.1 Å². The zero-order valence-electron chi connectivity index (χ0n) is 6.82. The molecule has 12 heavy (non-hydrogen) atoms. The number of benzene rings is 1. The highest BCUT2D eigenvalue weighted by Gasteiger charge is 2.10. The lowest BCUT2D eigenvalue weighted by atomic mass is 10.1. The van der Waals surface area contributed by atoms with Crippen molar-refractivity contribution in [2.45, 2.75) is 13.8 Å². The zero-order valence-corrected chi connectivity index (χ0v) is 8.98. The van der Waals surface area contributed by atoms with Crippen molar-refractivity contribution in [1.82, 2.24) is 0 Å². The Morgan fingerprint density at radius 3 is 2.58 bits per heavy atom. The second kappa shape index (κ2) is 3.51. The molecule has 0 heterocycles. The second-order valence-electron chi connectivity index (χ2n) is 2.61. The van der Waals surface area contributed by atoms with E-state index in [1.165, 1.54) is 6.92 Å². The van der Waals surface area contributed by atoms with Crippen LogP contribution in [0.15, 0.2) is 12.1 Å². The molecule has 1 aromatic carbocycles. The summed E-state index contributed by atoms with van der Waals surface area (Å²) in [5.41, 5.74) is 1.03. The lowest BCUT2D eigenvalue weighted by molar-refractivity contribution is 0.101. The molecule has 0 aliphatic heterocycles. The Kier molecular flexibility index (Phi) is 2.82. The molecule has 0 bridgehead atoms. The van der Waals surface area contributed by atoms with E-state index in [1.54, 1.807) is 19.1 Å². The van der Waals surface area contributed by atoms with Crippen molar-refractivity contribution in [2.75, 3.05) is 0 Å². The van der Waals surface area contributed by atoms with Crippen molar-refractivity contribution in [3.63, 3.8) is 0 Å². The van der Waals surface area contributed by atoms with Gasteiger partial charge in [-0.15, -0.1) is 0 Å². The molecule has 0 aliphatic rings. The van der Waals surface area contributed by atoms with Gasteiger partial charge < -0.3 is 0 Å². The first kappa shape index (κ1) is 9.64. The van der Waals surface area contributed by atoms with Crippen molar-refractivity contribution in [2.24, 2.45) is 0 Å². The van der Waals surface area contributed by atoms with E-state index in [-0.39, 0.29) is 11.6 Å². The Hall–Kier alpha value is -0.450. The minimum Gasteiger partial charge on any atom is -0.294 e. The minimum atomic E-state index is -0.289.